The highest BCUT2D eigenvalue weighted by atomic mass is 32.2. The number of hydrogen-bond acceptors (Lipinski definition) is 8. The zero-order valence-corrected chi connectivity index (χ0v) is 21.1. The van der Waals surface area contributed by atoms with Crippen molar-refractivity contribution in [2.45, 2.75) is 82.4 Å². The molecular weight excluding hydrogens is 474 g/mol. The lowest BCUT2D eigenvalue weighted by molar-refractivity contribution is -0.385. The summed E-state index contributed by atoms with van der Waals surface area (Å²) < 4.78 is 29.1. The van der Waals surface area contributed by atoms with E-state index in [0.717, 1.165) is 19.3 Å². The van der Waals surface area contributed by atoms with Gasteiger partial charge in [0.2, 0.25) is 4.88 Å². The number of carbonyl (C=O) groups is 1. The van der Waals surface area contributed by atoms with Crippen LogP contribution in [0.3, 0.4) is 0 Å². The standard InChI is InChI=1S/C24H31N3O5S2/c1-2-3-4-5-6-7-8-9-10-11-16-34(31,32)20-14-12-19(13-15-20)22(28)17-21-24(27(29)30)23(18-25)33-26-21/h12-15H,2-11,16-17H2,1H3. The molecule has 0 saturated heterocycles. The Balaban J connectivity index is 1.83. The lowest BCUT2D eigenvalue weighted by atomic mass is 10.1. The average Bonchev–Trinajstić information content (AvgIpc) is 3.23. The third-order valence-electron chi connectivity index (χ3n) is 5.65. The van der Waals surface area contributed by atoms with Gasteiger partial charge in [0.25, 0.3) is 0 Å². The van der Waals surface area contributed by atoms with E-state index in [1.807, 2.05) is 0 Å². The molecule has 0 atom stereocenters. The molecule has 0 unspecified atom stereocenters. The second-order valence-corrected chi connectivity index (χ2v) is 11.2. The van der Waals surface area contributed by atoms with Crippen LogP contribution in [-0.4, -0.2) is 29.3 Å². The van der Waals surface area contributed by atoms with Crippen molar-refractivity contribution in [3.8, 4) is 6.07 Å². The summed E-state index contributed by atoms with van der Waals surface area (Å²) >= 11 is 0.680. The number of nitrogens with zero attached hydrogens (tertiary/aromatic N) is 3. The van der Waals surface area contributed by atoms with Gasteiger partial charge in [-0.25, -0.2) is 8.42 Å². The molecule has 10 heteroatoms. The topological polar surface area (TPSA) is 131 Å². The summed E-state index contributed by atoms with van der Waals surface area (Å²) in [4.78, 5) is 23.0. The molecule has 34 heavy (non-hydrogen) atoms. The van der Waals surface area contributed by atoms with E-state index in [1.165, 1.54) is 62.8 Å². The normalized spacial score (nSPS) is 11.3. The minimum absolute atomic E-state index is 0.0609. The predicted molar refractivity (Wildman–Crippen MR) is 132 cm³/mol. The fourth-order valence-electron chi connectivity index (χ4n) is 3.70. The highest BCUT2D eigenvalue weighted by molar-refractivity contribution is 7.91. The maximum absolute atomic E-state index is 12.6. The Morgan fingerprint density at radius 2 is 1.59 bits per heavy atom. The fraction of sp³-hybridized carbons (Fsp3) is 0.542. The van der Waals surface area contributed by atoms with Crippen molar-refractivity contribution in [1.82, 2.24) is 4.37 Å². The molecule has 0 radical (unpaired) electrons. The van der Waals surface area contributed by atoms with Crippen molar-refractivity contribution in [2.75, 3.05) is 5.75 Å². The van der Waals surface area contributed by atoms with Crippen molar-refractivity contribution in [3.05, 3.63) is 50.5 Å². The molecule has 184 valence electrons. The molecule has 0 aliphatic carbocycles. The van der Waals surface area contributed by atoms with E-state index in [-0.39, 0.29) is 33.2 Å². The Morgan fingerprint density at radius 3 is 2.12 bits per heavy atom. The summed E-state index contributed by atoms with van der Waals surface area (Å²) in [6.07, 6.45) is 10.9. The van der Waals surface area contributed by atoms with Crippen LogP contribution in [0.2, 0.25) is 0 Å². The van der Waals surface area contributed by atoms with E-state index in [9.17, 15) is 23.3 Å². The Bertz CT molecular complexity index is 1100. The lowest BCUT2D eigenvalue weighted by Crippen LogP contribution is -2.09. The van der Waals surface area contributed by atoms with Gasteiger partial charge in [-0.05, 0) is 30.1 Å². The molecule has 8 nitrogen and oxygen atoms in total. The van der Waals surface area contributed by atoms with Gasteiger partial charge in [-0.3, -0.25) is 14.9 Å². The minimum atomic E-state index is -3.43. The van der Waals surface area contributed by atoms with Crippen molar-refractivity contribution in [2.24, 2.45) is 0 Å². The maximum atomic E-state index is 12.6. The number of carbonyl (C=O) groups excluding carboxylic acids is 1. The van der Waals surface area contributed by atoms with Gasteiger partial charge in [0.1, 0.15) is 11.8 Å². The smallest absolute Gasteiger partial charge is 0.294 e. The number of ketones is 1. The van der Waals surface area contributed by atoms with Crippen LogP contribution in [-0.2, 0) is 16.3 Å². The summed E-state index contributed by atoms with van der Waals surface area (Å²) in [6.45, 7) is 2.20. The molecule has 0 bridgehead atoms. The SMILES string of the molecule is CCCCCCCCCCCCS(=O)(=O)c1ccc(C(=O)Cc2nsc(C#N)c2[N+](=O)[O-])cc1. The van der Waals surface area contributed by atoms with Gasteiger partial charge in [0.05, 0.1) is 22.0 Å². The number of sulfone groups is 1. The Kier molecular flexibility index (Phi) is 11.3. The Hall–Kier alpha value is -2.64. The zero-order chi connectivity index (χ0) is 25.0. The first-order valence-electron chi connectivity index (χ1n) is 11.7. The third kappa shape index (κ3) is 8.29. The van der Waals surface area contributed by atoms with Gasteiger partial charge >= 0.3 is 5.69 Å². The van der Waals surface area contributed by atoms with E-state index < -0.39 is 26.2 Å². The molecular formula is C24H31N3O5S2. The summed E-state index contributed by atoms with van der Waals surface area (Å²) in [5.74, 6) is -0.366. The number of aromatic nitrogens is 1. The number of unbranched alkanes of at least 4 members (excludes halogenated alkanes) is 9. The van der Waals surface area contributed by atoms with Crippen molar-refractivity contribution < 1.29 is 18.1 Å². The van der Waals surface area contributed by atoms with Gasteiger partial charge in [0, 0.05) is 5.56 Å². The Morgan fingerprint density at radius 1 is 1.03 bits per heavy atom. The molecule has 1 heterocycles. The van der Waals surface area contributed by atoms with Crippen LogP contribution < -0.4 is 0 Å². The molecule has 2 rings (SSSR count). The predicted octanol–water partition coefficient (Wildman–Crippen LogP) is 6.04. The number of rotatable bonds is 16. The Labute approximate surface area is 205 Å². The lowest BCUT2D eigenvalue weighted by Gasteiger charge is -2.06. The largest absolute Gasteiger partial charge is 0.321 e. The molecule has 0 spiro atoms. The number of nitro groups is 1. The average molecular weight is 506 g/mol. The molecule has 0 aliphatic heterocycles. The number of hydrogen-bond donors (Lipinski definition) is 0. The number of benzene rings is 1. The zero-order valence-electron chi connectivity index (χ0n) is 19.5. The number of Topliss-reactive ketones (excluding diaryl/α,β-unsaturated/α-hetero) is 1. The highest BCUT2D eigenvalue weighted by Crippen LogP contribution is 2.27. The van der Waals surface area contributed by atoms with Crippen LogP contribution in [0, 0.1) is 21.4 Å². The molecule has 0 N–H and O–H groups in total. The van der Waals surface area contributed by atoms with Crippen LogP contribution in [0.5, 0.6) is 0 Å². The monoisotopic (exact) mass is 505 g/mol. The van der Waals surface area contributed by atoms with Gasteiger partial charge in [-0.15, -0.1) is 0 Å². The van der Waals surface area contributed by atoms with E-state index in [4.69, 9.17) is 5.26 Å². The molecule has 0 amide bonds. The second kappa shape index (κ2) is 13.9. The van der Waals surface area contributed by atoms with E-state index >= 15 is 0 Å². The minimum Gasteiger partial charge on any atom is -0.294 e. The van der Waals surface area contributed by atoms with Crippen LogP contribution in [0.15, 0.2) is 29.2 Å². The maximum Gasteiger partial charge on any atom is 0.321 e. The van der Waals surface area contributed by atoms with Crippen molar-refractivity contribution in [1.29, 1.82) is 5.26 Å². The third-order valence-corrected chi connectivity index (χ3v) is 8.25. The second-order valence-electron chi connectivity index (χ2n) is 8.30. The number of nitriles is 1. The summed E-state index contributed by atoms with van der Waals surface area (Å²) in [6, 6.07) is 7.33. The summed E-state index contributed by atoms with van der Waals surface area (Å²) in [7, 11) is -3.43. The highest BCUT2D eigenvalue weighted by Gasteiger charge is 2.26. The first kappa shape index (κ1) is 27.6. The first-order chi connectivity index (χ1) is 16.3. The quantitative estimate of drug-likeness (QED) is 0.117. The molecule has 2 aromatic rings. The van der Waals surface area contributed by atoms with Crippen molar-refractivity contribution in [3.63, 3.8) is 0 Å². The van der Waals surface area contributed by atoms with E-state index in [0.29, 0.717) is 18.0 Å². The fourth-order valence-corrected chi connectivity index (χ4v) is 5.74. The van der Waals surface area contributed by atoms with E-state index in [1.54, 1.807) is 6.07 Å². The molecule has 0 fully saturated rings. The van der Waals surface area contributed by atoms with Gasteiger partial charge in [-0.1, -0.05) is 76.8 Å². The van der Waals surface area contributed by atoms with Crippen LogP contribution in [0.4, 0.5) is 5.69 Å². The van der Waals surface area contributed by atoms with Gasteiger partial charge < -0.3 is 0 Å². The van der Waals surface area contributed by atoms with Gasteiger partial charge in [0.15, 0.2) is 15.6 Å². The molecule has 1 aromatic carbocycles. The van der Waals surface area contributed by atoms with Gasteiger partial charge in [-0.2, -0.15) is 9.64 Å². The summed E-state index contributed by atoms with van der Waals surface area (Å²) in [5.41, 5.74) is -0.274. The van der Waals surface area contributed by atoms with Crippen LogP contribution in [0.25, 0.3) is 0 Å². The van der Waals surface area contributed by atoms with Crippen molar-refractivity contribution >= 4 is 32.8 Å². The van der Waals surface area contributed by atoms with Crippen LogP contribution >= 0.6 is 11.5 Å². The first-order valence-corrected chi connectivity index (χ1v) is 14.1. The summed E-state index contributed by atoms with van der Waals surface area (Å²) in [5, 5.41) is 20.2. The molecule has 1 aromatic heterocycles. The molecule has 0 saturated carbocycles. The van der Waals surface area contributed by atoms with Crippen LogP contribution in [0.1, 0.15) is 92.1 Å². The molecule has 0 aliphatic rings. The van der Waals surface area contributed by atoms with E-state index in [2.05, 4.69) is 11.3 Å².